The van der Waals surface area contributed by atoms with Crippen LogP contribution in [0.2, 0.25) is 0 Å². The molecular formula is C40H60N4O10S. The van der Waals surface area contributed by atoms with Crippen molar-refractivity contribution in [3.63, 3.8) is 0 Å². The highest BCUT2D eigenvalue weighted by Crippen LogP contribution is 2.29. The SMILES string of the molecule is CCCC[C@H](NC(=O)[C@H](Cc1cccc2ccccc12)CS(=O)(=O)CC(COC(C)=O)=NO)C(=O)N[C@@H](CC1CCCCC1)[C@@H](O)[C@@H](O)CN1CCOCC1. The number of carbonyl (C=O) groups excluding carboxylic acids is 3. The Hall–Kier alpha value is -3.63. The first-order chi connectivity index (χ1) is 26.4. The van der Waals surface area contributed by atoms with E-state index in [-0.39, 0.29) is 31.0 Å². The Morgan fingerprint density at radius 1 is 1.00 bits per heavy atom. The Kier molecular flexibility index (Phi) is 17.8. The highest BCUT2D eigenvalue weighted by molar-refractivity contribution is 7.92. The fraction of sp³-hybridized carbons (Fsp3) is 0.650. The van der Waals surface area contributed by atoms with Crippen molar-refractivity contribution in [1.82, 2.24) is 15.5 Å². The number of amides is 2. The van der Waals surface area contributed by atoms with E-state index >= 15 is 0 Å². The number of nitrogens with zero attached hydrogens (tertiary/aromatic N) is 2. The number of sulfone groups is 1. The van der Waals surface area contributed by atoms with Gasteiger partial charge in [-0.15, -0.1) is 0 Å². The zero-order valence-electron chi connectivity index (χ0n) is 32.2. The third kappa shape index (κ3) is 14.4. The van der Waals surface area contributed by atoms with Gasteiger partial charge in [0, 0.05) is 26.6 Å². The average molecular weight is 789 g/mol. The molecule has 1 heterocycles. The monoisotopic (exact) mass is 788 g/mol. The van der Waals surface area contributed by atoms with E-state index < -0.39 is 75.9 Å². The number of hydrogen-bond donors (Lipinski definition) is 5. The number of rotatable bonds is 21. The van der Waals surface area contributed by atoms with Crippen LogP contribution in [0.1, 0.15) is 77.2 Å². The summed E-state index contributed by atoms with van der Waals surface area (Å²) in [6.07, 6.45) is 4.89. The maximum Gasteiger partial charge on any atom is 0.303 e. The summed E-state index contributed by atoms with van der Waals surface area (Å²) in [5, 5.41) is 42.8. The normalized spacial score (nSPS) is 18.9. The first-order valence-electron chi connectivity index (χ1n) is 19.7. The molecular weight excluding hydrogens is 729 g/mol. The van der Waals surface area contributed by atoms with Gasteiger partial charge in [0.15, 0.2) is 9.84 Å². The van der Waals surface area contributed by atoms with E-state index in [1.807, 2.05) is 54.3 Å². The van der Waals surface area contributed by atoms with Crippen molar-refractivity contribution in [2.45, 2.75) is 102 Å². The highest BCUT2D eigenvalue weighted by atomic mass is 32.2. The summed E-state index contributed by atoms with van der Waals surface area (Å²) in [7, 11) is -4.12. The third-order valence-electron chi connectivity index (χ3n) is 10.6. The summed E-state index contributed by atoms with van der Waals surface area (Å²) in [4.78, 5) is 41.8. The zero-order chi connectivity index (χ0) is 39.8. The molecule has 1 saturated heterocycles. The van der Waals surface area contributed by atoms with Gasteiger partial charge in [0.2, 0.25) is 11.8 Å². The van der Waals surface area contributed by atoms with Gasteiger partial charge in [-0.1, -0.05) is 99.5 Å². The average Bonchev–Trinajstić information content (AvgIpc) is 3.17. The molecule has 1 aliphatic carbocycles. The summed E-state index contributed by atoms with van der Waals surface area (Å²) in [6.45, 7) is 5.14. The van der Waals surface area contributed by atoms with Crippen molar-refractivity contribution in [3.05, 3.63) is 48.0 Å². The molecule has 0 unspecified atom stereocenters. The molecule has 55 heavy (non-hydrogen) atoms. The molecule has 0 spiro atoms. The molecule has 2 fully saturated rings. The molecule has 4 rings (SSSR count). The maximum absolute atomic E-state index is 14.3. The van der Waals surface area contributed by atoms with Gasteiger partial charge in [-0.25, -0.2) is 8.42 Å². The van der Waals surface area contributed by atoms with Crippen LogP contribution in [-0.2, 0) is 40.1 Å². The molecule has 5 N–H and O–H groups in total. The molecule has 2 amide bonds. The number of β-amino-alcohol motifs (C(OH)–C–C–N with tert-alkyl or cyclic N) is 1. The molecule has 2 aromatic carbocycles. The van der Waals surface area contributed by atoms with Crippen LogP contribution in [0.15, 0.2) is 47.6 Å². The molecule has 15 heteroatoms. The largest absolute Gasteiger partial charge is 0.460 e. The number of fused-ring (bicyclic) bond motifs is 1. The number of aliphatic hydroxyl groups is 2. The standard InChI is InChI=1S/C40H60N4O10S/c1-3-4-17-35(40(49)42-36(22-29-11-6-5-7-12-29)38(47)37(46)24-44-18-20-53-21-19-44)41-39(48)32(23-31-15-10-14-30-13-8-9-16-34(30)31)26-55(51,52)27-33(43-50)25-54-28(2)45/h8-10,13-16,29,32,35-38,46-47,50H,3-7,11-12,17-27H2,1-2H3,(H,41,48)(H,42,49)/t32-,35+,36+,37+,38-/m1/s1. The summed E-state index contributed by atoms with van der Waals surface area (Å²) in [5.41, 5.74) is 0.446. The first-order valence-corrected chi connectivity index (χ1v) is 21.5. The van der Waals surface area contributed by atoms with Crippen molar-refractivity contribution < 1.29 is 47.7 Å². The van der Waals surface area contributed by atoms with Crippen LogP contribution < -0.4 is 10.6 Å². The fourth-order valence-corrected chi connectivity index (χ4v) is 9.26. The lowest BCUT2D eigenvalue weighted by molar-refractivity contribution is -0.139. The van der Waals surface area contributed by atoms with E-state index in [1.54, 1.807) is 0 Å². The van der Waals surface area contributed by atoms with Crippen LogP contribution in [0, 0.1) is 11.8 Å². The number of hydrogen-bond acceptors (Lipinski definition) is 12. The minimum Gasteiger partial charge on any atom is -0.460 e. The van der Waals surface area contributed by atoms with E-state index in [4.69, 9.17) is 9.47 Å². The van der Waals surface area contributed by atoms with Crippen molar-refractivity contribution in [2.24, 2.45) is 17.0 Å². The van der Waals surface area contributed by atoms with Gasteiger partial charge in [-0.05, 0) is 41.5 Å². The van der Waals surface area contributed by atoms with Crippen LogP contribution in [0.4, 0.5) is 0 Å². The summed E-state index contributed by atoms with van der Waals surface area (Å²) in [5.74, 6) is -4.11. The predicted octanol–water partition coefficient (Wildman–Crippen LogP) is 2.99. The van der Waals surface area contributed by atoms with Crippen molar-refractivity contribution in [1.29, 1.82) is 0 Å². The molecule has 306 valence electrons. The number of morpholine rings is 1. The van der Waals surface area contributed by atoms with Crippen LogP contribution in [0.5, 0.6) is 0 Å². The minimum atomic E-state index is -4.12. The van der Waals surface area contributed by atoms with E-state index in [0.29, 0.717) is 39.1 Å². The van der Waals surface area contributed by atoms with Gasteiger partial charge in [0.05, 0.1) is 42.8 Å². The van der Waals surface area contributed by atoms with Crippen molar-refractivity contribution >= 4 is 44.1 Å². The number of nitrogens with one attached hydrogen (secondary N) is 2. The van der Waals surface area contributed by atoms with E-state index in [9.17, 15) is 38.2 Å². The Bertz CT molecular complexity index is 1670. The summed E-state index contributed by atoms with van der Waals surface area (Å²) >= 11 is 0. The highest BCUT2D eigenvalue weighted by Gasteiger charge is 2.35. The lowest BCUT2D eigenvalue weighted by Crippen LogP contribution is -2.57. The van der Waals surface area contributed by atoms with Gasteiger partial charge < -0.3 is 35.5 Å². The van der Waals surface area contributed by atoms with E-state index in [0.717, 1.165) is 61.8 Å². The molecule has 0 bridgehead atoms. The minimum absolute atomic E-state index is 0.0286. The zero-order valence-corrected chi connectivity index (χ0v) is 33.1. The maximum atomic E-state index is 14.3. The molecule has 2 aromatic rings. The van der Waals surface area contributed by atoms with Gasteiger partial charge in [0.1, 0.15) is 24.5 Å². The number of unbranched alkanes of at least 4 members (excludes halogenated alkanes) is 1. The molecule has 1 aliphatic heterocycles. The van der Waals surface area contributed by atoms with Gasteiger partial charge >= 0.3 is 5.97 Å². The second-order valence-electron chi connectivity index (χ2n) is 15.1. The Labute approximate surface area is 324 Å². The first kappa shape index (κ1) is 44.1. The van der Waals surface area contributed by atoms with Crippen molar-refractivity contribution in [2.75, 3.05) is 51.0 Å². The number of esters is 1. The number of oxime groups is 1. The Morgan fingerprint density at radius 3 is 2.40 bits per heavy atom. The third-order valence-corrected chi connectivity index (χ3v) is 12.3. The number of aliphatic hydroxyl groups excluding tert-OH is 2. The fourth-order valence-electron chi connectivity index (χ4n) is 7.61. The van der Waals surface area contributed by atoms with Crippen LogP contribution in [0.3, 0.4) is 0 Å². The van der Waals surface area contributed by atoms with Gasteiger partial charge in [-0.3, -0.25) is 19.3 Å². The molecule has 0 radical (unpaired) electrons. The Morgan fingerprint density at radius 2 is 1.71 bits per heavy atom. The second-order valence-corrected chi connectivity index (χ2v) is 17.2. The van der Waals surface area contributed by atoms with E-state index in [1.165, 1.54) is 0 Å². The van der Waals surface area contributed by atoms with E-state index in [2.05, 4.69) is 15.8 Å². The lowest BCUT2D eigenvalue weighted by atomic mass is 9.83. The number of benzene rings is 2. The smallest absolute Gasteiger partial charge is 0.303 e. The molecule has 2 aliphatic rings. The topological polar surface area (TPSA) is 204 Å². The van der Waals surface area contributed by atoms with Crippen LogP contribution >= 0.6 is 0 Å². The molecule has 5 atom stereocenters. The lowest BCUT2D eigenvalue weighted by Gasteiger charge is -2.35. The molecule has 14 nitrogen and oxygen atoms in total. The van der Waals surface area contributed by atoms with Gasteiger partial charge in [0.25, 0.3) is 0 Å². The van der Waals surface area contributed by atoms with Gasteiger partial charge in [-0.2, -0.15) is 0 Å². The predicted molar refractivity (Wildman–Crippen MR) is 210 cm³/mol. The molecule has 1 saturated carbocycles. The van der Waals surface area contributed by atoms with Crippen LogP contribution in [0.25, 0.3) is 10.8 Å². The van der Waals surface area contributed by atoms with Crippen molar-refractivity contribution in [3.8, 4) is 0 Å². The quantitative estimate of drug-likeness (QED) is 0.0539. The number of ether oxygens (including phenoxy) is 2. The summed E-state index contributed by atoms with van der Waals surface area (Å²) < 4.78 is 37.4. The summed E-state index contributed by atoms with van der Waals surface area (Å²) in [6, 6.07) is 11.3. The number of carbonyl (C=O) groups is 3. The Balaban J connectivity index is 1.57. The molecule has 0 aromatic heterocycles. The van der Waals surface area contributed by atoms with Crippen LogP contribution in [-0.4, -0.2) is 127 Å². The second kappa shape index (κ2) is 22.2.